The number of amides is 3. The fourth-order valence-electron chi connectivity index (χ4n) is 3.22. The number of carbonyl (C=O) groups excluding carboxylic acids is 3. The highest BCUT2D eigenvalue weighted by Gasteiger charge is 2.23. The molecule has 0 bridgehead atoms. The Balaban J connectivity index is 1.35. The van der Waals surface area contributed by atoms with Gasteiger partial charge in [0.15, 0.2) is 11.6 Å². The largest absolute Gasteiger partial charge is 0.348 e. The van der Waals surface area contributed by atoms with Crippen LogP contribution in [0.2, 0.25) is 0 Å². The molecule has 3 N–H and O–H groups in total. The number of aryl methyl sites for hydroxylation is 1. The van der Waals surface area contributed by atoms with Crippen LogP contribution in [0.1, 0.15) is 28.2 Å². The van der Waals surface area contributed by atoms with Crippen LogP contribution in [-0.4, -0.2) is 59.8 Å². The van der Waals surface area contributed by atoms with Crippen LogP contribution in [0.15, 0.2) is 23.7 Å². The number of rotatable bonds is 7. The van der Waals surface area contributed by atoms with Crippen molar-refractivity contribution in [3.05, 3.63) is 45.9 Å². The fraction of sp³-hybridized carbons (Fsp3) is 0.400. The van der Waals surface area contributed by atoms with Crippen molar-refractivity contribution in [2.24, 2.45) is 0 Å². The molecule has 166 valence electrons. The van der Waals surface area contributed by atoms with E-state index in [1.165, 1.54) is 17.4 Å². The van der Waals surface area contributed by atoms with Gasteiger partial charge in [-0.25, -0.2) is 13.8 Å². The van der Waals surface area contributed by atoms with Crippen LogP contribution in [-0.2, 0) is 9.59 Å². The van der Waals surface area contributed by atoms with Crippen molar-refractivity contribution in [3.8, 4) is 0 Å². The number of halogens is 2. The highest BCUT2D eigenvalue weighted by Crippen LogP contribution is 2.15. The van der Waals surface area contributed by atoms with Crippen molar-refractivity contribution in [2.75, 3.05) is 31.5 Å². The number of hydrogen-bond acceptors (Lipinski definition) is 6. The van der Waals surface area contributed by atoms with Crippen molar-refractivity contribution >= 4 is 34.7 Å². The molecule has 31 heavy (non-hydrogen) atoms. The summed E-state index contributed by atoms with van der Waals surface area (Å²) in [5.74, 6) is -3.05. The standard InChI is InChI=1S/C20H23F2N5O3S/c1-12-19(31-11-24-12)20(30)26-13-4-6-27(7-5-13)10-18(29)23-9-17(28)25-14-2-3-15(21)16(22)8-14/h2-3,8,11,13H,4-7,9-10H2,1H3,(H,23,29)(H,25,28)(H,26,30). The van der Waals surface area contributed by atoms with Crippen LogP contribution in [0.3, 0.4) is 0 Å². The lowest BCUT2D eigenvalue weighted by Crippen LogP contribution is -2.48. The average molecular weight is 451 g/mol. The number of benzene rings is 1. The zero-order valence-electron chi connectivity index (χ0n) is 16.9. The van der Waals surface area contributed by atoms with E-state index in [0.717, 1.165) is 12.1 Å². The van der Waals surface area contributed by atoms with Gasteiger partial charge in [-0.3, -0.25) is 19.3 Å². The lowest BCUT2D eigenvalue weighted by molar-refractivity contribution is -0.125. The molecule has 1 aromatic carbocycles. The third-order valence-corrected chi connectivity index (χ3v) is 5.82. The summed E-state index contributed by atoms with van der Waals surface area (Å²) in [5.41, 5.74) is 2.46. The number of nitrogens with one attached hydrogen (secondary N) is 3. The summed E-state index contributed by atoms with van der Waals surface area (Å²) in [6.07, 6.45) is 1.43. The monoisotopic (exact) mass is 451 g/mol. The number of aromatic nitrogens is 1. The quantitative estimate of drug-likeness (QED) is 0.594. The minimum Gasteiger partial charge on any atom is -0.348 e. The molecule has 0 unspecified atom stereocenters. The number of anilines is 1. The van der Waals surface area contributed by atoms with Gasteiger partial charge in [-0.1, -0.05) is 0 Å². The zero-order chi connectivity index (χ0) is 22.4. The van der Waals surface area contributed by atoms with E-state index in [9.17, 15) is 23.2 Å². The summed E-state index contributed by atoms with van der Waals surface area (Å²) < 4.78 is 26.1. The van der Waals surface area contributed by atoms with Crippen LogP contribution in [0, 0.1) is 18.6 Å². The summed E-state index contributed by atoms with van der Waals surface area (Å²) in [6, 6.07) is 3.05. The molecule has 2 heterocycles. The smallest absolute Gasteiger partial charge is 0.263 e. The van der Waals surface area contributed by atoms with E-state index >= 15 is 0 Å². The van der Waals surface area contributed by atoms with Crippen LogP contribution in [0.5, 0.6) is 0 Å². The fourth-order valence-corrected chi connectivity index (χ4v) is 3.93. The molecule has 8 nitrogen and oxygen atoms in total. The van der Waals surface area contributed by atoms with Crippen molar-refractivity contribution < 1.29 is 23.2 Å². The molecule has 1 fully saturated rings. The van der Waals surface area contributed by atoms with Gasteiger partial charge >= 0.3 is 0 Å². The lowest BCUT2D eigenvalue weighted by Gasteiger charge is -2.31. The number of piperidine rings is 1. The van der Waals surface area contributed by atoms with E-state index in [4.69, 9.17) is 0 Å². The van der Waals surface area contributed by atoms with E-state index < -0.39 is 17.5 Å². The molecule has 0 aliphatic carbocycles. The molecule has 1 aromatic heterocycles. The summed E-state index contributed by atoms with van der Waals surface area (Å²) in [4.78, 5) is 42.9. The summed E-state index contributed by atoms with van der Waals surface area (Å²) in [5, 5.41) is 7.91. The molecule has 0 radical (unpaired) electrons. The van der Waals surface area contributed by atoms with Crippen molar-refractivity contribution in [3.63, 3.8) is 0 Å². The number of nitrogens with zero attached hydrogens (tertiary/aromatic N) is 2. The van der Waals surface area contributed by atoms with Gasteiger partial charge in [0.05, 0.1) is 24.3 Å². The van der Waals surface area contributed by atoms with E-state index in [-0.39, 0.29) is 36.6 Å². The predicted octanol–water partition coefficient (Wildman–Crippen LogP) is 1.68. The second kappa shape index (κ2) is 10.4. The highest BCUT2D eigenvalue weighted by atomic mass is 32.1. The first kappa shape index (κ1) is 22.8. The Hall–Kier alpha value is -2.92. The van der Waals surface area contributed by atoms with Crippen LogP contribution >= 0.6 is 11.3 Å². The number of likely N-dealkylation sites (tertiary alicyclic amines) is 1. The topological polar surface area (TPSA) is 103 Å². The molecule has 1 aliphatic rings. The Kier molecular flexibility index (Phi) is 7.64. The third kappa shape index (κ3) is 6.53. The van der Waals surface area contributed by atoms with Crippen LogP contribution in [0.25, 0.3) is 0 Å². The van der Waals surface area contributed by atoms with Crippen molar-refractivity contribution in [1.82, 2.24) is 20.5 Å². The molecule has 3 amide bonds. The van der Waals surface area contributed by atoms with Gasteiger partial charge in [0.1, 0.15) is 4.88 Å². The van der Waals surface area contributed by atoms with E-state index in [0.29, 0.717) is 36.5 Å². The van der Waals surface area contributed by atoms with Gasteiger partial charge in [0.25, 0.3) is 5.91 Å². The maximum absolute atomic E-state index is 13.2. The summed E-state index contributed by atoms with van der Waals surface area (Å²) >= 11 is 1.31. The van der Waals surface area contributed by atoms with Gasteiger partial charge < -0.3 is 16.0 Å². The Morgan fingerprint density at radius 1 is 1.16 bits per heavy atom. The van der Waals surface area contributed by atoms with E-state index in [2.05, 4.69) is 20.9 Å². The van der Waals surface area contributed by atoms with Crippen LogP contribution in [0.4, 0.5) is 14.5 Å². The van der Waals surface area contributed by atoms with Crippen molar-refractivity contribution in [2.45, 2.75) is 25.8 Å². The first-order chi connectivity index (χ1) is 14.8. The number of thiazole rings is 1. The molecule has 3 rings (SSSR count). The Labute approximate surface area is 182 Å². The Morgan fingerprint density at radius 3 is 2.55 bits per heavy atom. The minimum absolute atomic E-state index is 0.0372. The van der Waals surface area contributed by atoms with Gasteiger partial charge in [-0.2, -0.15) is 0 Å². The Morgan fingerprint density at radius 2 is 1.90 bits per heavy atom. The molecular formula is C20H23F2N5O3S. The maximum atomic E-state index is 13.2. The van der Waals surface area contributed by atoms with Crippen molar-refractivity contribution in [1.29, 1.82) is 0 Å². The molecular weight excluding hydrogens is 428 g/mol. The normalized spacial score (nSPS) is 14.8. The Bertz CT molecular complexity index is 960. The third-order valence-electron chi connectivity index (χ3n) is 4.89. The van der Waals surface area contributed by atoms with E-state index in [1.54, 1.807) is 12.4 Å². The van der Waals surface area contributed by atoms with Gasteiger partial charge in [0.2, 0.25) is 11.8 Å². The average Bonchev–Trinajstić information content (AvgIpc) is 3.17. The molecule has 1 aliphatic heterocycles. The SMILES string of the molecule is Cc1ncsc1C(=O)NC1CCN(CC(=O)NCC(=O)Nc2ccc(F)c(F)c2)CC1. The van der Waals surface area contributed by atoms with Crippen LogP contribution < -0.4 is 16.0 Å². The molecule has 0 saturated carbocycles. The zero-order valence-corrected chi connectivity index (χ0v) is 17.7. The first-order valence-corrected chi connectivity index (χ1v) is 10.6. The molecule has 1 saturated heterocycles. The summed E-state index contributed by atoms with van der Waals surface area (Å²) in [6.45, 7) is 2.93. The highest BCUT2D eigenvalue weighted by molar-refractivity contribution is 7.11. The van der Waals surface area contributed by atoms with Gasteiger partial charge in [-0.15, -0.1) is 11.3 Å². The summed E-state index contributed by atoms with van der Waals surface area (Å²) in [7, 11) is 0. The van der Waals surface area contributed by atoms with E-state index in [1.807, 2.05) is 4.90 Å². The number of carbonyl (C=O) groups is 3. The maximum Gasteiger partial charge on any atom is 0.263 e. The molecule has 11 heteroatoms. The molecule has 0 atom stereocenters. The molecule has 2 aromatic rings. The van der Waals surface area contributed by atoms with Gasteiger partial charge in [0, 0.05) is 30.9 Å². The lowest BCUT2D eigenvalue weighted by atomic mass is 10.0. The second-order valence-electron chi connectivity index (χ2n) is 7.24. The molecule has 0 spiro atoms. The number of hydrogen-bond donors (Lipinski definition) is 3. The predicted molar refractivity (Wildman–Crippen MR) is 112 cm³/mol. The minimum atomic E-state index is -1.07. The first-order valence-electron chi connectivity index (χ1n) is 9.76. The second-order valence-corrected chi connectivity index (χ2v) is 8.10. The van der Waals surface area contributed by atoms with Gasteiger partial charge in [-0.05, 0) is 31.9 Å².